The first kappa shape index (κ1) is 21.5. The molecule has 0 atom stereocenters. The number of aliphatic hydroxyl groups is 1. The van der Waals surface area contributed by atoms with E-state index in [4.69, 9.17) is 4.98 Å². The lowest BCUT2D eigenvalue weighted by atomic mass is 10.1. The number of aliphatic hydroxyl groups excluding tert-OH is 1. The Bertz CT molecular complexity index is 1270. The zero-order valence-corrected chi connectivity index (χ0v) is 17.9. The molecule has 164 valence electrons. The van der Waals surface area contributed by atoms with E-state index in [-0.39, 0.29) is 18.1 Å². The number of fused-ring (bicyclic) bond motifs is 1. The quantitative estimate of drug-likeness (QED) is 0.465. The highest BCUT2D eigenvalue weighted by molar-refractivity contribution is 5.95. The van der Waals surface area contributed by atoms with E-state index in [1.54, 1.807) is 12.3 Å². The summed E-state index contributed by atoms with van der Waals surface area (Å²) < 4.78 is 16.3. The Labute approximate surface area is 185 Å². The van der Waals surface area contributed by atoms with E-state index in [2.05, 4.69) is 10.3 Å². The number of nitrogens with zero attached hydrogens (tertiary/aromatic N) is 4. The van der Waals surface area contributed by atoms with Crippen molar-refractivity contribution < 1.29 is 14.3 Å². The lowest BCUT2D eigenvalue weighted by Gasteiger charge is -2.25. The second-order valence-electron chi connectivity index (χ2n) is 7.50. The van der Waals surface area contributed by atoms with Crippen LogP contribution < -0.4 is 10.2 Å². The van der Waals surface area contributed by atoms with Crippen LogP contribution in [-0.2, 0) is 7.05 Å². The number of amides is 1. The Kier molecular flexibility index (Phi) is 6.13. The maximum atomic E-state index is 14.3. The Hall–Kier alpha value is -3.78. The molecule has 2 heterocycles. The zero-order valence-electron chi connectivity index (χ0n) is 17.9. The predicted octanol–water partition coefficient (Wildman–Crippen LogP) is 3.65. The van der Waals surface area contributed by atoms with Gasteiger partial charge in [0.25, 0.3) is 5.91 Å². The minimum atomic E-state index is -0.512. The molecule has 2 aromatic carbocycles. The number of rotatable bonds is 7. The van der Waals surface area contributed by atoms with Gasteiger partial charge in [-0.3, -0.25) is 9.78 Å². The fraction of sp³-hybridized carbons (Fsp3) is 0.208. The van der Waals surface area contributed by atoms with E-state index in [1.807, 2.05) is 53.2 Å². The molecule has 0 spiro atoms. The van der Waals surface area contributed by atoms with Crippen molar-refractivity contribution in [2.75, 3.05) is 25.1 Å². The molecule has 0 bridgehead atoms. The second kappa shape index (κ2) is 9.15. The van der Waals surface area contributed by atoms with Crippen molar-refractivity contribution in [1.82, 2.24) is 19.9 Å². The number of hydrogen-bond acceptors (Lipinski definition) is 5. The number of carbonyl (C=O) groups excluding carboxylic acids is 1. The molecule has 2 N–H and O–H groups in total. The van der Waals surface area contributed by atoms with E-state index in [0.29, 0.717) is 24.2 Å². The van der Waals surface area contributed by atoms with E-state index in [1.165, 1.54) is 19.2 Å². The SMILES string of the molecule is CNC(=O)c1cc(F)cc(N(CCCO)c2ccc3ncc(-c4ccn(C)c4)nc3c2)c1. The van der Waals surface area contributed by atoms with Gasteiger partial charge in [-0.25, -0.2) is 9.37 Å². The molecule has 8 heteroatoms. The van der Waals surface area contributed by atoms with Gasteiger partial charge >= 0.3 is 0 Å². The number of anilines is 2. The van der Waals surface area contributed by atoms with Crippen molar-refractivity contribution in [3.63, 3.8) is 0 Å². The van der Waals surface area contributed by atoms with E-state index in [9.17, 15) is 14.3 Å². The van der Waals surface area contributed by atoms with Gasteiger partial charge in [0, 0.05) is 62.1 Å². The van der Waals surface area contributed by atoms with Gasteiger partial charge in [0.15, 0.2) is 0 Å². The number of carbonyl (C=O) groups is 1. The Balaban J connectivity index is 1.78. The second-order valence-corrected chi connectivity index (χ2v) is 7.50. The molecule has 0 aliphatic heterocycles. The van der Waals surface area contributed by atoms with Crippen LogP contribution in [-0.4, -0.2) is 45.7 Å². The van der Waals surface area contributed by atoms with Crippen molar-refractivity contribution in [2.24, 2.45) is 7.05 Å². The van der Waals surface area contributed by atoms with Crippen molar-refractivity contribution in [2.45, 2.75) is 6.42 Å². The number of benzene rings is 2. The van der Waals surface area contributed by atoms with Gasteiger partial charge in [-0.1, -0.05) is 0 Å². The first-order valence-electron chi connectivity index (χ1n) is 10.3. The summed E-state index contributed by atoms with van der Waals surface area (Å²) in [5, 5.41) is 11.9. The number of aryl methyl sites for hydroxylation is 1. The number of hydrogen-bond donors (Lipinski definition) is 2. The fourth-order valence-corrected chi connectivity index (χ4v) is 3.60. The van der Waals surface area contributed by atoms with Crippen molar-refractivity contribution in [3.8, 4) is 11.3 Å². The van der Waals surface area contributed by atoms with Crippen molar-refractivity contribution in [1.29, 1.82) is 0 Å². The van der Waals surface area contributed by atoms with Crippen LogP contribution in [0.15, 0.2) is 61.1 Å². The molecule has 0 aliphatic rings. The summed E-state index contributed by atoms with van der Waals surface area (Å²) in [6, 6.07) is 11.8. The zero-order chi connectivity index (χ0) is 22.7. The fourth-order valence-electron chi connectivity index (χ4n) is 3.60. The van der Waals surface area contributed by atoms with E-state index in [0.717, 1.165) is 22.5 Å². The van der Waals surface area contributed by atoms with Gasteiger partial charge in [0.2, 0.25) is 0 Å². The summed E-state index contributed by atoms with van der Waals surface area (Å²) >= 11 is 0. The Morgan fingerprint density at radius 2 is 2.00 bits per heavy atom. The van der Waals surface area contributed by atoms with E-state index >= 15 is 0 Å². The summed E-state index contributed by atoms with van der Waals surface area (Å²) in [6.07, 6.45) is 6.13. The van der Waals surface area contributed by atoms with Crippen molar-refractivity contribution >= 4 is 28.3 Å². The molecule has 7 nitrogen and oxygen atoms in total. The third kappa shape index (κ3) is 4.45. The highest BCUT2D eigenvalue weighted by Crippen LogP contribution is 2.30. The van der Waals surface area contributed by atoms with Crippen LogP contribution in [0.1, 0.15) is 16.8 Å². The van der Waals surface area contributed by atoms with Crippen molar-refractivity contribution in [3.05, 3.63) is 72.4 Å². The minimum Gasteiger partial charge on any atom is -0.396 e. The van der Waals surface area contributed by atoms with Gasteiger partial charge in [-0.15, -0.1) is 0 Å². The summed E-state index contributed by atoms with van der Waals surface area (Å²) in [5.41, 5.74) is 4.65. The highest BCUT2D eigenvalue weighted by Gasteiger charge is 2.15. The third-order valence-corrected chi connectivity index (χ3v) is 5.19. The Morgan fingerprint density at radius 3 is 2.72 bits per heavy atom. The van der Waals surface area contributed by atoms with Crippen LogP contribution >= 0.6 is 0 Å². The molecule has 0 fully saturated rings. The summed E-state index contributed by atoms with van der Waals surface area (Å²) in [7, 11) is 3.45. The molecule has 0 saturated heterocycles. The molecule has 0 saturated carbocycles. The van der Waals surface area contributed by atoms with Gasteiger partial charge in [-0.2, -0.15) is 0 Å². The highest BCUT2D eigenvalue weighted by atomic mass is 19.1. The smallest absolute Gasteiger partial charge is 0.251 e. The average molecular weight is 433 g/mol. The molecule has 1 amide bonds. The summed E-state index contributed by atoms with van der Waals surface area (Å²) in [4.78, 5) is 23.2. The molecule has 0 aliphatic carbocycles. The van der Waals surface area contributed by atoms with E-state index < -0.39 is 5.82 Å². The lowest BCUT2D eigenvalue weighted by molar-refractivity contribution is 0.0962. The number of nitrogens with one attached hydrogen (secondary N) is 1. The van der Waals surface area contributed by atoms with Crippen LogP contribution in [0.25, 0.3) is 22.3 Å². The maximum absolute atomic E-state index is 14.3. The molecule has 4 aromatic rings. The number of halogens is 1. The largest absolute Gasteiger partial charge is 0.396 e. The predicted molar refractivity (Wildman–Crippen MR) is 122 cm³/mol. The third-order valence-electron chi connectivity index (χ3n) is 5.19. The topological polar surface area (TPSA) is 83.3 Å². The van der Waals surface area contributed by atoms with Crippen LogP contribution in [0, 0.1) is 5.82 Å². The minimum absolute atomic E-state index is 0.0142. The lowest BCUT2D eigenvalue weighted by Crippen LogP contribution is -2.22. The molecule has 4 rings (SSSR count). The van der Waals surface area contributed by atoms with Crippen LogP contribution in [0.5, 0.6) is 0 Å². The maximum Gasteiger partial charge on any atom is 0.251 e. The summed E-state index contributed by atoms with van der Waals surface area (Å²) in [5.74, 6) is -0.883. The monoisotopic (exact) mass is 433 g/mol. The standard InChI is InChI=1S/C24H24FN5O2/c1-26-24(32)17-10-18(25)12-20(11-17)30(7-3-9-31)19-4-5-21-22(13-19)28-23(14-27-21)16-6-8-29(2)15-16/h4-6,8,10-15,31H,3,7,9H2,1-2H3,(H,26,32). The first-order chi connectivity index (χ1) is 15.5. The molecular weight excluding hydrogens is 409 g/mol. The molecule has 2 aromatic heterocycles. The molecular formula is C24H24FN5O2. The van der Waals surface area contributed by atoms with Gasteiger partial charge in [-0.05, 0) is 48.9 Å². The van der Waals surface area contributed by atoms with Gasteiger partial charge in [0.1, 0.15) is 5.82 Å². The van der Waals surface area contributed by atoms with Gasteiger partial charge < -0.3 is 19.9 Å². The average Bonchev–Trinajstić information content (AvgIpc) is 3.24. The van der Waals surface area contributed by atoms with Crippen LogP contribution in [0.4, 0.5) is 15.8 Å². The molecule has 0 unspecified atom stereocenters. The van der Waals surface area contributed by atoms with Crippen LogP contribution in [0.2, 0.25) is 0 Å². The summed E-state index contributed by atoms with van der Waals surface area (Å²) in [6.45, 7) is 0.421. The molecule has 32 heavy (non-hydrogen) atoms. The van der Waals surface area contributed by atoms with Gasteiger partial charge in [0.05, 0.1) is 22.9 Å². The first-order valence-corrected chi connectivity index (χ1v) is 10.3. The normalized spacial score (nSPS) is 11.0. The molecule has 0 radical (unpaired) electrons. The van der Waals surface area contributed by atoms with Crippen LogP contribution in [0.3, 0.4) is 0 Å². The Morgan fingerprint density at radius 1 is 1.16 bits per heavy atom. The number of aromatic nitrogens is 3.